The number of urea groups is 1. The van der Waals surface area contributed by atoms with Gasteiger partial charge < -0.3 is 9.80 Å². The van der Waals surface area contributed by atoms with Crippen LogP contribution in [0.25, 0.3) is 0 Å². The third-order valence-corrected chi connectivity index (χ3v) is 4.55. The minimum absolute atomic E-state index is 0.465. The Labute approximate surface area is 188 Å². The second kappa shape index (κ2) is 13.0. The molecular weight excluding hydrogens is 404 g/mol. The fourth-order valence-corrected chi connectivity index (χ4v) is 2.68. The molecule has 2 aromatic rings. The lowest BCUT2D eigenvalue weighted by molar-refractivity contribution is 0.242. The van der Waals surface area contributed by atoms with Gasteiger partial charge in [-0.25, -0.2) is 15.6 Å². The first-order chi connectivity index (χ1) is 15.5. The Bertz CT molecular complexity index is 919. The number of hydrogen-bond donors (Lipinski definition) is 2. The average molecular weight is 431 g/mol. The predicted octanol–water partition coefficient (Wildman–Crippen LogP) is 3.05. The van der Waals surface area contributed by atoms with E-state index in [1.165, 1.54) is 12.4 Å². The van der Waals surface area contributed by atoms with Crippen molar-refractivity contribution < 1.29 is 4.79 Å². The highest BCUT2D eigenvalue weighted by Gasteiger charge is 2.01. The van der Waals surface area contributed by atoms with Crippen LogP contribution < -0.4 is 20.7 Å². The van der Waals surface area contributed by atoms with Crippen LogP contribution in [0.15, 0.2) is 58.7 Å². The first kappa shape index (κ1) is 23.9. The number of amides is 2. The number of rotatable bonds is 10. The number of nitrogens with one attached hydrogen (secondary N) is 2. The lowest BCUT2D eigenvalue weighted by Gasteiger charge is -2.17. The fourth-order valence-electron chi connectivity index (χ4n) is 2.68. The third-order valence-electron chi connectivity index (χ3n) is 4.55. The number of nitriles is 2. The lowest BCUT2D eigenvalue weighted by atomic mass is 10.2. The molecule has 0 aliphatic rings. The van der Waals surface area contributed by atoms with Crippen molar-refractivity contribution in [1.82, 2.24) is 10.9 Å². The maximum Gasteiger partial charge on any atom is 0.355 e. The van der Waals surface area contributed by atoms with Gasteiger partial charge in [-0.15, -0.1) is 0 Å². The van der Waals surface area contributed by atoms with Gasteiger partial charge in [0.1, 0.15) is 0 Å². The van der Waals surface area contributed by atoms with Crippen molar-refractivity contribution in [3.63, 3.8) is 0 Å². The van der Waals surface area contributed by atoms with Crippen LogP contribution >= 0.6 is 0 Å². The van der Waals surface area contributed by atoms with Gasteiger partial charge in [0.25, 0.3) is 0 Å². The van der Waals surface area contributed by atoms with Gasteiger partial charge >= 0.3 is 6.03 Å². The van der Waals surface area contributed by atoms with Gasteiger partial charge in [-0.2, -0.15) is 20.7 Å². The highest BCUT2D eigenvalue weighted by atomic mass is 16.2. The molecule has 32 heavy (non-hydrogen) atoms. The van der Waals surface area contributed by atoms with E-state index in [2.05, 4.69) is 33.2 Å². The first-order valence-electron chi connectivity index (χ1n) is 10.0. The number of carbonyl (C=O) groups is 1. The fraction of sp³-hybridized carbons (Fsp3) is 0.261. The molecule has 0 unspecified atom stereocenters. The second-order valence-corrected chi connectivity index (χ2v) is 6.91. The number of anilines is 2. The zero-order valence-electron chi connectivity index (χ0n) is 18.2. The van der Waals surface area contributed by atoms with Crippen LogP contribution in [0.3, 0.4) is 0 Å². The van der Waals surface area contributed by atoms with Crippen LogP contribution in [0.2, 0.25) is 0 Å². The van der Waals surface area contributed by atoms with E-state index in [9.17, 15) is 4.79 Å². The molecule has 0 aliphatic carbocycles. The summed E-state index contributed by atoms with van der Waals surface area (Å²) in [5.74, 6) is 0. The number of carbonyl (C=O) groups excluding carboxylic acids is 1. The molecule has 164 valence electrons. The Kier molecular flexibility index (Phi) is 9.74. The first-order valence-corrected chi connectivity index (χ1v) is 10.0. The minimum Gasteiger partial charge on any atom is -0.374 e. The summed E-state index contributed by atoms with van der Waals surface area (Å²) in [5.41, 5.74) is 8.35. The molecule has 9 nitrogen and oxygen atoms in total. The monoisotopic (exact) mass is 430 g/mol. The lowest BCUT2D eigenvalue weighted by Crippen LogP contribution is -2.28. The van der Waals surface area contributed by atoms with Crippen LogP contribution in [0.1, 0.15) is 24.0 Å². The maximum atomic E-state index is 11.8. The number of hydrogen-bond acceptors (Lipinski definition) is 7. The van der Waals surface area contributed by atoms with Gasteiger partial charge in [0.05, 0.1) is 37.4 Å². The molecule has 2 N–H and O–H groups in total. The normalized spacial score (nSPS) is 10.5. The molecule has 0 aromatic heterocycles. The molecule has 2 amide bonds. The Balaban J connectivity index is 1.77. The summed E-state index contributed by atoms with van der Waals surface area (Å²) in [7, 11) is 3.85. The van der Waals surface area contributed by atoms with Crippen molar-refractivity contribution in [2.75, 3.05) is 37.0 Å². The van der Waals surface area contributed by atoms with Gasteiger partial charge in [0, 0.05) is 38.6 Å². The minimum atomic E-state index is -0.557. The van der Waals surface area contributed by atoms with E-state index < -0.39 is 6.03 Å². The molecule has 0 fully saturated rings. The summed E-state index contributed by atoms with van der Waals surface area (Å²) in [6, 6.07) is 18.9. The van der Waals surface area contributed by atoms with Crippen LogP contribution in [-0.2, 0) is 0 Å². The Hall–Kier alpha value is -4.37. The zero-order valence-corrected chi connectivity index (χ0v) is 18.2. The standard InChI is InChI=1S/C23H26N8O/c1-30(15-3-13-24)21-9-5-19(6-10-21)17-26-28-23(32)29-27-18-20-7-11-22(12-8-20)31(2)16-4-14-25/h5-12,17-18H,3-4,15-16H2,1-2H3,(H2,28,29,32). The highest BCUT2D eigenvalue weighted by molar-refractivity contribution is 5.84. The molecule has 0 saturated carbocycles. The molecule has 0 heterocycles. The van der Waals surface area contributed by atoms with E-state index in [1.807, 2.05) is 72.4 Å². The van der Waals surface area contributed by atoms with Crippen LogP contribution in [0.4, 0.5) is 16.2 Å². The summed E-state index contributed by atoms with van der Waals surface area (Å²) in [5, 5.41) is 25.1. The van der Waals surface area contributed by atoms with Crippen molar-refractivity contribution in [3.8, 4) is 12.1 Å². The Morgan fingerprint density at radius 1 is 0.812 bits per heavy atom. The summed E-state index contributed by atoms with van der Waals surface area (Å²) in [4.78, 5) is 15.8. The van der Waals surface area contributed by atoms with Crippen molar-refractivity contribution in [3.05, 3.63) is 59.7 Å². The maximum absolute atomic E-state index is 11.8. The molecular formula is C23H26N8O. The van der Waals surface area contributed by atoms with Crippen molar-refractivity contribution in [2.24, 2.45) is 10.2 Å². The van der Waals surface area contributed by atoms with E-state index in [4.69, 9.17) is 10.5 Å². The molecule has 9 heteroatoms. The Morgan fingerprint density at radius 3 is 1.53 bits per heavy atom. The molecule has 0 aliphatic heterocycles. The molecule has 0 spiro atoms. The Morgan fingerprint density at radius 2 is 1.19 bits per heavy atom. The third kappa shape index (κ3) is 8.17. The number of benzene rings is 2. The quantitative estimate of drug-likeness (QED) is 0.443. The largest absolute Gasteiger partial charge is 0.374 e. The van der Waals surface area contributed by atoms with Gasteiger partial charge in [0.2, 0.25) is 0 Å². The van der Waals surface area contributed by atoms with Crippen LogP contribution in [0.5, 0.6) is 0 Å². The van der Waals surface area contributed by atoms with E-state index in [1.54, 1.807) is 0 Å². The average Bonchev–Trinajstić information content (AvgIpc) is 2.82. The van der Waals surface area contributed by atoms with Crippen molar-refractivity contribution >= 4 is 29.8 Å². The van der Waals surface area contributed by atoms with Crippen LogP contribution in [-0.4, -0.2) is 45.6 Å². The zero-order chi connectivity index (χ0) is 23.2. The van der Waals surface area contributed by atoms with Gasteiger partial charge in [-0.05, 0) is 35.4 Å². The van der Waals surface area contributed by atoms with Crippen molar-refractivity contribution in [1.29, 1.82) is 10.5 Å². The highest BCUT2D eigenvalue weighted by Crippen LogP contribution is 2.14. The predicted molar refractivity (Wildman–Crippen MR) is 127 cm³/mol. The smallest absolute Gasteiger partial charge is 0.355 e. The van der Waals surface area contributed by atoms with Gasteiger partial charge in [-0.3, -0.25) is 0 Å². The summed E-state index contributed by atoms with van der Waals surface area (Å²) >= 11 is 0. The molecule has 0 radical (unpaired) electrons. The summed E-state index contributed by atoms with van der Waals surface area (Å²) in [6.07, 6.45) is 3.99. The topological polar surface area (TPSA) is 120 Å². The van der Waals surface area contributed by atoms with Crippen molar-refractivity contribution in [2.45, 2.75) is 12.8 Å². The molecule has 0 saturated heterocycles. The summed E-state index contributed by atoms with van der Waals surface area (Å²) < 4.78 is 0. The molecule has 2 aromatic carbocycles. The molecule has 0 atom stereocenters. The van der Waals surface area contributed by atoms with Gasteiger partial charge in [-0.1, -0.05) is 24.3 Å². The summed E-state index contributed by atoms with van der Waals surface area (Å²) in [6.45, 7) is 1.32. The van der Waals surface area contributed by atoms with Crippen LogP contribution in [0, 0.1) is 22.7 Å². The molecule has 0 bridgehead atoms. The van der Waals surface area contributed by atoms with E-state index in [-0.39, 0.29) is 0 Å². The van der Waals surface area contributed by atoms with Gasteiger partial charge in [0.15, 0.2) is 0 Å². The van der Waals surface area contributed by atoms with E-state index in [0.29, 0.717) is 25.9 Å². The number of hydrazone groups is 2. The SMILES string of the molecule is CN(CCC#N)c1ccc(C=NNC(=O)NN=Cc2ccc(N(C)CCC#N)cc2)cc1. The second-order valence-electron chi connectivity index (χ2n) is 6.91. The molecule has 2 rings (SSSR count). The van der Waals surface area contributed by atoms with E-state index >= 15 is 0 Å². The van der Waals surface area contributed by atoms with E-state index in [0.717, 1.165) is 22.5 Å². The number of nitrogens with zero attached hydrogens (tertiary/aromatic N) is 6.